The summed E-state index contributed by atoms with van der Waals surface area (Å²) in [7, 11) is 0. The van der Waals surface area contributed by atoms with E-state index in [0.717, 1.165) is 0 Å². The number of carbonyl (C=O) groups is 2. The number of halogens is 2. The van der Waals surface area contributed by atoms with Crippen LogP contribution in [0.25, 0.3) is 0 Å². The van der Waals surface area contributed by atoms with Crippen LogP contribution in [-0.4, -0.2) is 47.8 Å². The van der Waals surface area contributed by atoms with E-state index in [1.54, 1.807) is 0 Å². The second-order valence-corrected chi connectivity index (χ2v) is 3.53. The fourth-order valence-electron chi connectivity index (χ4n) is 0.835. The van der Waals surface area contributed by atoms with Gasteiger partial charge in [-0.15, -0.1) is 0 Å². The standard InChI is InChI=1S/C8H14F2N2O3S/c1-5(14)12-6(2-16)7(15)11-3-8(9,10)4-13/h6,13,16H,2-4H2,1H3,(H,11,15)(H,12,14). The van der Waals surface area contributed by atoms with Gasteiger partial charge in [-0.2, -0.15) is 12.6 Å². The van der Waals surface area contributed by atoms with E-state index in [1.807, 2.05) is 5.32 Å². The van der Waals surface area contributed by atoms with Gasteiger partial charge in [0.05, 0.1) is 6.54 Å². The van der Waals surface area contributed by atoms with Crippen molar-refractivity contribution in [2.24, 2.45) is 0 Å². The topological polar surface area (TPSA) is 78.4 Å². The molecule has 0 fully saturated rings. The van der Waals surface area contributed by atoms with Gasteiger partial charge < -0.3 is 15.7 Å². The van der Waals surface area contributed by atoms with E-state index >= 15 is 0 Å². The minimum Gasteiger partial charge on any atom is -0.390 e. The molecule has 5 nitrogen and oxygen atoms in total. The Morgan fingerprint density at radius 1 is 1.50 bits per heavy atom. The van der Waals surface area contributed by atoms with E-state index in [9.17, 15) is 18.4 Å². The molecule has 16 heavy (non-hydrogen) atoms. The summed E-state index contributed by atoms with van der Waals surface area (Å²) in [5, 5.41) is 12.4. The Kier molecular flexibility index (Phi) is 6.27. The van der Waals surface area contributed by atoms with Crippen LogP contribution in [0, 0.1) is 0 Å². The number of carbonyl (C=O) groups excluding carboxylic acids is 2. The Morgan fingerprint density at radius 2 is 2.06 bits per heavy atom. The number of amides is 2. The van der Waals surface area contributed by atoms with Crippen molar-refractivity contribution in [1.82, 2.24) is 10.6 Å². The van der Waals surface area contributed by atoms with E-state index in [4.69, 9.17) is 5.11 Å². The van der Waals surface area contributed by atoms with Crippen molar-refractivity contribution >= 4 is 24.4 Å². The number of aliphatic hydroxyl groups excluding tert-OH is 1. The van der Waals surface area contributed by atoms with E-state index in [-0.39, 0.29) is 5.75 Å². The maximum absolute atomic E-state index is 12.6. The molecule has 0 heterocycles. The summed E-state index contributed by atoms with van der Waals surface area (Å²) < 4.78 is 25.1. The molecule has 1 atom stereocenters. The molecule has 0 saturated heterocycles. The number of hydrogen-bond acceptors (Lipinski definition) is 4. The van der Waals surface area contributed by atoms with Gasteiger partial charge in [0.1, 0.15) is 12.6 Å². The van der Waals surface area contributed by atoms with Crippen LogP contribution in [0.4, 0.5) is 8.78 Å². The first-order chi connectivity index (χ1) is 7.32. The molecule has 3 N–H and O–H groups in total. The summed E-state index contributed by atoms with van der Waals surface area (Å²) in [4.78, 5) is 21.9. The van der Waals surface area contributed by atoms with Crippen LogP contribution in [0.5, 0.6) is 0 Å². The fourth-order valence-corrected chi connectivity index (χ4v) is 1.09. The normalized spacial score (nSPS) is 13.1. The first-order valence-electron chi connectivity index (χ1n) is 4.46. The van der Waals surface area contributed by atoms with Gasteiger partial charge in [-0.05, 0) is 0 Å². The molecular formula is C8H14F2N2O3S. The first-order valence-corrected chi connectivity index (χ1v) is 5.10. The number of alkyl halides is 2. The van der Waals surface area contributed by atoms with Gasteiger partial charge in [-0.25, -0.2) is 8.78 Å². The van der Waals surface area contributed by atoms with Crippen molar-refractivity contribution in [3.8, 4) is 0 Å². The second kappa shape index (κ2) is 6.64. The zero-order valence-corrected chi connectivity index (χ0v) is 9.56. The van der Waals surface area contributed by atoms with Crippen molar-refractivity contribution in [1.29, 1.82) is 0 Å². The SMILES string of the molecule is CC(=O)NC(CS)C(=O)NCC(F)(F)CO. The number of aliphatic hydroxyl groups is 1. The summed E-state index contributed by atoms with van der Waals surface area (Å²) in [6, 6.07) is -0.963. The van der Waals surface area contributed by atoms with E-state index < -0.39 is 36.9 Å². The Hall–Kier alpha value is -0.890. The Balaban J connectivity index is 4.17. The molecule has 0 aromatic rings. The minimum absolute atomic E-state index is 0.00386. The van der Waals surface area contributed by atoms with E-state index in [0.29, 0.717) is 0 Å². The van der Waals surface area contributed by atoms with Crippen LogP contribution in [0.3, 0.4) is 0 Å². The minimum atomic E-state index is -3.37. The molecule has 0 spiro atoms. The van der Waals surface area contributed by atoms with Gasteiger partial charge in [0, 0.05) is 12.7 Å². The maximum Gasteiger partial charge on any atom is 0.287 e. The summed E-state index contributed by atoms with van der Waals surface area (Å²) in [6.45, 7) is -1.13. The third kappa shape index (κ3) is 5.86. The molecule has 94 valence electrons. The van der Waals surface area contributed by atoms with Crippen LogP contribution < -0.4 is 10.6 Å². The Morgan fingerprint density at radius 3 is 2.44 bits per heavy atom. The van der Waals surface area contributed by atoms with Gasteiger partial charge >= 0.3 is 0 Å². The van der Waals surface area contributed by atoms with Gasteiger partial charge in [0.2, 0.25) is 11.8 Å². The molecule has 0 aromatic carbocycles. The van der Waals surface area contributed by atoms with Crippen molar-refractivity contribution in [3.05, 3.63) is 0 Å². The summed E-state index contributed by atoms with van der Waals surface area (Å²) >= 11 is 3.81. The summed E-state index contributed by atoms with van der Waals surface area (Å²) in [5.41, 5.74) is 0. The predicted molar refractivity (Wildman–Crippen MR) is 56.5 cm³/mol. The second-order valence-electron chi connectivity index (χ2n) is 3.17. The highest BCUT2D eigenvalue weighted by molar-refractivity contribution is 7.80. The van der Waals surface area contributed by atoms with Crippen LogP contribution in [0.15, 0.2) is 0 Å². The molecule has 1 unspecified atom stereocenters. The van der Waals surface area contributed by atoms with Gasteiger partial charge in [0.25, 0.3) is 5.92 Å². The average Bonchev–Trinajstić information content (AvgIpc) is 2.22. The molecule has 0 aliphatic rings. The van der Waals surface area contributed by atoms with Gasteiger partial charge in [0.15, 0.2) is 0 Å². The molecule has 0 rings (SSSR count). The van der Waals surface area contributed by atoms with Crippen LogP contribution >= 0.6 is 12.6 Å². The molecule has 0 radical (unpaired) electrons. The molecule has 0 aliphatic carbocycles. The third-order valence-corrected chi connectivity index (χ3v) is 1.99. The zero-order chi connectivity index (χ0) is 12.8. The molecule has 0 bridgehead atoms. The lowest BCUT2D eigenvalue weighted by Gasteiger charge is -2.18. The number of rotatable bonds is 6. The number of hydrogen-bond donors (Lipinski definition) is 4. The monoisotopic (exact) mass is 256 g/mol. The molecule has 8 heteroatoms. The molecule has 0 aromatic heterocycles. The largest absolute Gasteiger partial charge is 0.390 e. The highest BCUT2D eigenvalue weighted by Gasteiger charge is 2.29. The Labute approximate surface area is 97.0 Å². The van der Waals surface area contributed by atoms with Gasteiger partial charge in [-0.1, -0.05) is 0 Å². The lowest BCUT2D eigenvalue weighted by Crippen LogP contribution is -2.50. The predicted octanol–water partition coefficient (Wildman–Crippen LogP) is -0.835. The quantitative estimate of drug-likeness (QED) is 0.468. The Bertz CT molecular complexity index is 264. The van der Waals surface area contributed by atoms with Crippen molar-refractivity contribution in [2.75, 3.05) is 18.9 Å². The van der Waals surface area contributed by atoms with Crippen LogP contribution in [0.1, 0.15) is 6.92 Å². The summed E-state index contributed by atoms with van der Waals surface area (Å²) in [5.74, 6) is -4.59. The van der Waals surface area contributed by atoms with Crippen molar-refractivity contribution in [3.63, 3.8) is 0 Å². The number of nitrogens with one attached hydrogen (secondary N) is 2. The lowest BCUT2D eigenvalue weighted by atomic mass is 10.3. The van der Waals surface area contributed by atoms with Crippen molar-refractivity contribution in [2.45, 2.75) is 18.9 Å². The van der Waals surface area contributed by atoms with E-state index in [2.05, 4.69) is 17.9 Å². The summed E-state index contributed by atoms with van der Waals surface area (Å²) in [6.07, 6.45) is 0. The highest BCUT2D eigenvalue weighted by Crippen LogP contribution is 2.09. The molecule has 0 saturated carbocycles. The lowest BCUT2D eigenvalue weighted by molar-refractivity contribution is -0.129. The molecule has 2 amide bonds. The maximum atomic E-state index is 12.6. The smallest absolute Gasteiger partial charge is 0.287 e. The zero-order valence-electron chi connectivity index (χ0n) is 8.67. The van der Waals surface area contributed by atoms with Crippen molar-refractivity contribution < 1.29 is 23.5 Å². The average molecular weight is 256 g/mol. The van der Waals surface area contributed by atoms with Gasteiger partial charge in [-0.3, -0.25) is 9.59 Å². The highest BCUT2D eigenvalue weighted by atomic mass is 32.1. The first kappa shape index (κ1) is 15.1. The molecule has 0 aliphatic heterocycles. The number of thiol groups is 1. The van der Waals surface area contributed by atoms with E-state index in [1.165, 1.54) is 6.92 Å². The fraction of sp³-hybridized carbons (Fsp3) is 0.750. The van der Waals surface area contributed by atoms with Crippen LogP contribution in [0.2, 0.25) is 0 Å². The molecular weight excluding hydrogens is 242 g/mol. The third-order valence-electron chi connectivity index (χ3n) is 1.63. The van der Waals surface area contributed by atoms with Crippen LogP contribution in [-0.2, 0) is 9.59 Å².